The lowest BCUT2D eigenvalue weighted by atomic mass is 10.1. The van der Waals surface area contributed by atoms with E-state index in [0.29, 0.717) is 0 Å². The number of aryl methyl sites for hydroxylation is 1. The lowest BCUT2D eigenvalue weighted by Gasteiger charge is -2.08. The van der Waals surface area contributed by atoms with Crippen molar-refractivity contribution >= 4 is 11.3 Å². The Kier molecular flexibility index (Phi) is 2.62. The molecule has 1 aliphatic rings. The van der Waals surface area contributed by atoms with Crippen molar-refractivity contribution in [3.63, 3.8) is 0 Å². The van der Waals surface area contributed by atoms with Crippen LogP contribution in [0.4, 0.5) is 0 Å². The first-order valence-electron chi connectivity index (χ1n) is 5.34. The van der Waals surface area contributed by atoms with E-state index in [1.807, 2.05) is 6.92 Å². The van der Waals surface area contributed by atoms with Gasteiger partial charge >= 0.3 is 0 Å². The van der Waals surface area contributed by atoms with Crippen LogP contribution >= 0.6 is 11.3 Å². The molecule has 3 heteroatoms. The molecule has 1 saturated carbocycles. The molecule has 14 heavy (non-hydrogen) atoms. The second-order valence-corrected chi connectivity index (χ2v) is 5.52. The molecule has 0 spiro atoms. The van der Waals surface area contributed by atoms with Crippen LogP contribution in [0, 0.1) is 12.8 Å². The molecule has 0 saturated heterocycles. The van der Waals surface area contributed by atoms with Crippen molar-refractivity contribution in [1.29, 1.82) is 0 Å². The van der Waals surface area contributed by atoms with Gasteiger partial charge in [0.15, 0.2) is 0 Å². The molecule has 1 fully saturated rings. The lowest BCUT2D eigenvalue weighted by molar-refractivity contribution is 0.552. The molecule has 0 aliphatic heterocycles. The maximum absolute atomic E-state index is 6.28. The van der Waals surface area contributed by atoms with Crippen LogP contribution in [0.5, 0.6) is 0 Å². The lowest BCUT2D eigenvalue weighted by Crippen LogP contribution is -2.28. The molecule has 78 valence electrons. The summed E-state index contributed by atoms with van der Waals surface area (Å²) in [6.07, 6.45) is 4.69. The third-order valence-corrected chi connectivity index (χ3v) is 3.92. The van der Waals surface area contributed by atoms with Crippen LogP contribution in [0.3, 0.4) is 0 Å². The van der Waals surface area contributed by atoms with E-state index in [9.17, 15) is 0 Å². The van der Waals surface area contributed by atoms with Crippen molar-refractivity contribution < 1.29 is 0 Å². The largest absolute Gasteiger partial charge is 0.324 e. The molecule has 2 atom stereocenters. The highest BCUT2D eigenvalue weighted by Gasteiger charge is 2.49. The summed E-state index contributed by atoms with van der Waals surface area (Å²) in [7, 11) is 0. The number of nitrogens with zero attached hydrogens (tertiary/aromatic N) is 1. The Morgan fingerprint density at radius 3 is 3.07 bits per heavy atom. The van der Waals surface area contributed by atoms with Crippen LogP contribution in [-0.2, 0) is 6.42 Å². The number of rotatable bonds is 4. The van der Waals surface area contributed by atoms with Gasteiger partial charge in [-0.3, -0.25) is 0 Å². The van der Waals surface area contributed by atoms with Gasteiger partial charge in [0.05, 0.1) is 10.7 Å². The van der Waals surface area contributed by atoms with Gasteiger partial charge in [-0.15, -0.1) is 11.3 Å². The van der Waals surface area contributed by atoms with E-state index in [-0.39, 0.29) is 5.54 Å². The Morgan fingerprint density at radius 2 is 2.50 bits per heavy atom. The van der Waals surface area contributed by atoms with Gasteiger partial charge in [-0.2, -0.15) is 0 Å². The van der Waals surface area contributed by atoms with Crippen LogP contribution in [0.2, 0.25) is 0 Å². The van der Waals surface area contributed by atoms with Crippen molar-refractivity contribution in [2.45, 2.75) is 45.1 Å². The molecule has 1 aromatic rings. The van der Waals surface area contributed by atoms with Crippen LogP contribution in [0.15, 0.2) is 5.38 Å². The summed E-state index contributed by atoms with van der Waals surface area (Å²) in [5, 5.41) is 3.29. The summed E-state index contributed by atoms with van der Waals surface area (Å²) < 4.78 is 0. The minimum atomic E-state index is 0.0799. The number of hydrogen-bond donors (Lipinski definition) is 1. The average molecular weight is 210 g/mol. The fourth-order valence-electron chi connectivity index (χ4n) is 2.18. The highest BCUT2D eigenvalue weighted by atomic mass is 32.1. The minimum absolute atomic E-state index is 0.0799. The quantitative estimate of drug-likeness (QED) is 0.829. The topological polar surface area (TPSA) is 38.9 Å². The second kappa shape index (κ2) is 3.63. The molecule has 2 rings (SSSR count). The van der Waals surface area contributed by atoms with Crippen molar-refractivity contribution in [3.8, 4) is 0 Å². The Labute approximate surface area is 89.5 Å². The average Bonchev–Trinajstić information content (AvgIpc) is 2.55. The summed E-state index contributed by atoms with van der Waals surface area (Å²) in [5.74, 6) is 0.745. The molecule has 2 N–H and O–H groups in total. The van der Waals surface area contributed by atoms with Crippen molar-refractivity contribution in [2.24, 2.45) is 11.7 Å². The first-order chi connectivity index (χ1) is 6.64. The Morgan fingerprint density at radius 1 is 1.71 bits per heavy atom. The predicted octanol–water partition coefficient (Wildman–Crippen LogP) is 2.51. The summed E-state index contributed by atoms with van der Waals surface area (Å²) in [4.78, 5) is 4.47. The van der Waals surface area contributed by atoms with Gasteiger partial charge in [0.25, 0.3) is 0 Å². The smallest absolute Gasteiger partial charge is 0.0897 e. The standard InChI is InChI=1S/C11H18N2S/c1-3-4-9-5-11(9,12)6-10-7-14-8(2)13-10/h7,9H,3-6,12H2,1-2H3. The van der Waals surface area contributed by atoms with Gasteiger partial charge in [0, 0.05) is 17.3 Å². The van der Waals surface area contributed by atoms with E-state index >= 15 is 0 Å². The fraction of sp³-hybridized carbons (Fsp3) is 0.727. The van der Waals surface area contributed by atoms with E-state index < -0.39 is 0 Å². The normalized spacial score (nSPS) is 30.6. The maximum atomic E-state index is 6.28. The van der Waals surface area contributed by atoms with Gasteiger partial charge in [0.2, 0.25) is 0 Å². The number of aromatic nitrogens is 1. The Bertz CT molecular complexity index is 321. The monoisotopic (exact) mass is 210 g/mol. The van der Waals surface area contributed by atoms with Gasteiger partial charge in [-0.05, 0) is 25.7 Å². The summed E-state index contributed by atoms with van der Waals surface area (Å²) in [6.45, 7) is 4.28. The summed E-state index contributed by atoms with van der Waals surface area (Å²) in [5.41, 5.74) is 7.55. The number of nitrogens with two attached hydrogens (primary N) is 1. The van der Waals surface area contributed by atoms with Crippen LogP contribution < -0.4 is 5.73 Å². The molecule has 0 aromatic carbocycles. The molecule has 1 heterocycles. The van der Waals surface area contributed by atoms with Crippen molar-refractivity contribution in [1.82, 2.24) is 4.98 Å². The van der Waals surface area contributed by atoms with Crippen molar-refractivity contribution in [3.05, 3.63) is 16.1 Å². The van der Waals surface area contributed by atoms with Gasteiger partial charge in [-0.1, -0.05) is 13.3 Å². The first-order valence-corrected chi connectivity index (χ1v) is 6.22. The van der Waals surface area contributed by atoms with Crippen LogP contribution in [0.1, 0.15) is 36.9 Å². The van der Waals surface area contributed by atoms with E-state index in [1.165, 1.54) is 25.0 Å². The van der Waals surface area contributed by atoms with Crippen molar-refractivity contribution in [2.75, 3.05) is 0 Å². The predicted molar refractivity (Wildman–Crippen MR) is 60.5 cm³/mol. The Balaban J connectivity index is 1.93. The summed E-state index contributed by atoms with van der Waals surface area (Å²) in [6, 6.07) is 0. The molecule has 2 nitrogen and oxygen atoms in total. The number of thiazole rings is 1. The molecule has 2 unspecified atom stereocenters. The fourth-order valence-corrected chi connectivity index (χ4v) is 2.79. The SMILES string of the molecule is CCCC1CC1(N)Cc1csc(C)n1. The van der Waals surface area contributed by atoms with E-state index in [4.69, 9.17) is 5.73 Å². The first kappa shape index (κ1) is 10.1. The molecule has 1 aromatic heterocycles. The molecule has 0 bridgehead atoms. The zero-order chi connectivity index (χ0) is 10.2. The Hall–Kier alpha value is -0.410. The zero-order valence-electron chi connectivity index (χ0n) is 8.92. The van der Waals surface area contributed by atoms with Gasteiger partial charge < -0.3 is 5.73 Å². The van der Waals surface area contributed by atoms with E-state index in [0.717, 1.165) is 17.3 Å². The highest BCUT2D eigenvalue weighted by Crippen LogP contribution is 2.46. The van der Waals surface area contributed by atoms with Crippen LogP contribution in [0.25, 0.3) is 0 Å². The third-order valence-electron chi connectivity index (χ3n) is 3.09. The zero-order valence-corrected chi connectivity index (χ0v) is 9.73. The van der Waals surface area contributed by atoms with Crippen LogP contribution in [-0.4, -0.2) is 10.5 Å². The number of hydrogen-bond acceptors (Lipinski definition) is 3. The van der Waals surface area contributed by atoms with Gasteiger partial charge in [0.1, 0.15) is 0 Å². The second-order valence-electron chi connectivity index (χ2n) is 4.46. The molecule has 1 aliphatic carbocycles. The summed E-state index contributed by atoms with van der Waals surface area (Å²) >= 11 is 1.72. The minimum Gasteiger partial charge on any atom is -0.324 e. The van der Waals surface area contributed by atoms with E-state index in [1.54, 1.807) is 11.3 Å². The molecule has 0 amide bonds. The maximum Gasteiger partial charge on any atom is 0.0897 e. The molecular weight excluding hydrogens is 192 g/mol. The van der Waals surface area contributed by atoms with E-state index in [2.05, 4.69) is 17.3 Å². The third kappa shape index (κ3) is 1.98. The van der Waals surface area contributed by atoms with Gasteiger partial charge in [-0.25, -0.2) is 4.98 Å². The molecular formula is C11H18N2S. The molecule has 0 radical (unpaired) electrons. The highest BCUT2D eigenvalue weighted by molar-refractivity contribution is 7.09.